The van der Waals surface area contributed by atoms with Crippen molar-refractivity contribution >= 4 is 11.9 Å². The molecule has 3 rings (SSSR count). The third-order valence-corrected chi connectivity index (χ3v) is 4.46. The van der Waals surface area contributed by atoms with E-state index in [0.717, 1.165) is 36.2 Å². The number of imidazole rings is 1. The van der Waals surface area contributed by atoms with Gasteiger partial charge in [-0.05, 0) is 19.1 Å². The molecule has 0 aliphatic heterocycles. The zero-order valence-electron chi connectivity index (χ0n) is 16.6. The molecule has 6 nitrogen and oxygen atoms in total. The van der Waals surface area contributed by atoms with Crippen LogP contribution in [0.3, 0.4) is 0 Å². The van der Waals surface area contributed by atoms with Crippen LogP contribution in [-0.4, -0.2) is 28.6 Å². The third kappa shape index (κ3) is 4.90. The summed E-state index contributed by atoms with van der Waals surface area (Å²) in [6, 6.07) is 4.93. The van der Waals surface area contributed by atoms with Crippen LogP contribution in [-0.2, 0) is 6.05 Å². The Kier molecular flexibility index (Phi) is 6.38. The number of ether oxygens (including phenoxy) is 1. The van der Waals surface area contributed by atoms with Gasteiger partial charge in [-0.25, -0.2) is 18.8 Å². The molecule has 0 radical (unpaired) electrons. The minimum Gasteiger partial charge on any atom is -0.495 e. The minimum atomic E-state index is -3.66. The maximum absolute atomic E-state index is 14.4. The predicted molar refractivity (Wildman–Crippen MR) is 109 cm³/mol. The quantitative estimate of drug-likeness (QED) is 0.194. The SMILES string of the molecule is COc1cc(C(/C=N/C(F)(F)c2ccc(C(F)F)cc2)=N/N)ccc1-n1cnc(C)c1. The lowest BCUT2D eigenvalue weighted by Crippen LogP contribution is -2.14. The van der Waals surface area contributed by atoms with Crippen LogP contribution in [0.25, 0.3) is 5.69 Å². The van der Waals surface area contributed by atoms with Crippen LogP contribution in [0.1, 0.15) is 28.8 Å². The number of nitrogens with two attached hydrogens (primary N) is 1. The first-order valence-corrected chi connectivity index (χ1v) is 9.04. The van der Waals surface area contributed by atoms with Crippen molar-refractivity contribution in [1.82, 2.24) is 9.55 Å². The lowest BCUT2D eigenvalue weighted by Gasteiger charge is -2.13. The molecule has 2 aromatic carbocycles. The Morgan fingerprint density at radius 1 is 1.19 bits per heavy atom. The van der Waals surface area contributed by atoms with Crippen molar-refractivity contribution in [3.63, 3.8) is 0 Å². The maximum atomic E-state index is 14.4. The van der Waals surface area contributed by atoms with Gasteiger partial charge in [-0.2, -0.15) is 13.9 Å². The molecule has 10 heteroatoms. The number of aromatic nitrogens is 2. The Balaban J connectivity index is 1.87. The number of halogens is 4. The first kappa shape index (κ1) is 22.0. The van der Waals surface area contributed by atoms with E-state index in [4.69, 9.17) is 10.6 Å². The van der Waals surface area contributed by atoms with E-state index in [1.54, 1.807) is 35.3 Å². The number of hydrazone groups is 1. The average molecular weight is 433 g/mol. The van der Waals surface area contributed by atoms with Gasteiger partial charge in [0.1, 0.15) is 11.5 Å². The summed E-state index contributed by atoms with van der Waals surface area (Å²) < 4.78 is 61.2. The second kappa shape index (κ2) is 8.99. The van der Waals surface area contributed by atoms with Gasteiger partial charge in [0.05, 0.1) is 31.0 Å². The van der Waals surface area contributed by atoms with E-state index in [-0.39, 0.29) is 11.3 Å². The summed E-state index contributed by atoms with van der Waals surface area (Å²) in [5.41, 5.74) is 0.986. The molecule has 1 aromatic heterocycles. The highest BCUT2D eigenvalue weighted by atomic mass is 19.3. The Morgan fingerprint density at radius 2 is 1.90 bits per heavy atom. The van der Waals surface area contributed by atoms with Crippen LogP contribution in [0.15, 0.2) is 65.1 Å². The van der Waals surface area contributed by atoms with Crippen LogP contribution >= 0.6 is 0 Å². The molecule has 1 heterocycles. The first-order valence-electron chi connectivity index (χ1n) is 9.04. The molecule has 0 unspecified atom stereocenters. The molecule has 162 valence electrons. The molecular weight excluding hydrogens is 414 g/mol. The molecule has 3 aromatic rings. The Morgan fingerprint density at radius 3 is 2.45 bits per heavy atom. The molecule has 0 bridgehead atoms. The first-order chi connectivity index (χ1) is 14.7. The number of alkyl halides is 4. The smallest absolute Gasteiger partial charge is 0.369 e. The number of aryl methyl sites for hydroxylation is 1. The fraction of sp³-hybridized carbons (Fsp3) is 0.190. The summed E-state index contributed by atoms with van der Waals surface area (Å²) in [5.74, 6) is 5.83. The number of hydrogen-bond acceptors (Lipinski definition) is 5. The number of methoxy groups -OCH3 is 1. The molecule has 31 heavy (non-hydrogen) atoms. The van der Waals surface area contributed by atoms with E-state index in [1.807, 2.05) is 6.92 Å². The van der Waals surface area contributed by atoms with Crippen LogP contribution in [0.5, 0.6) is 5.75 Å². The van der Waals surface area contributed by atoms with Crippen molar-refractivity contribution in [2.75, 3.05) is 7.11 Å². The van der Waals surface area contributed by atoms with Crippen molar-refractivity contribution in [2.24, 2.45) is 15.9 Å². The van der Waals surface area contributed by atoms with Gasteiger partial charge in [-0.3, -0.25) is 0 Å². The summed E-state index contributed by atoms with van der Waals surface area (Å²) in [6.07, 6.45) is 1.51. The van der Waals surface area contributed by atoms with E-state index >= 15 is 0 Å². The molecule has 0 aliphatic rings. The molecule has 0 amide bonds. The zero-order chi connectivity index (χ0) is 22.6. The molecule has 0 saturated heterocycles. The van der Waals surface area contributed by atoms with Gasteiger partial charge < -0.3 is 15.1 Å². The van der Waals surface area contributed by atoms with Gasteiger partial charge >= 0.3 is 6.05 Å². The van der Waals surface area contributed by atoms with Crippen molar-refractivity contribution < 1.29 is 22.3 Å². The number of rotatable bonds is 7. The van der Waals surface area contributed by atoms with Gasteiger partial charge in [0, 0.05) is 22.9 Å². The normalized spacial score (nSPS) is 12.7. The Bertz CT molecular complexity index is 1110. The predicted octanol–water partition coefficient (Wildman–Crippen LogP) is 4.61. The van der Waals surface area contributed by atoms with E-state index in [0.29, 0.717) is 17.0 Å². The number of nitrogens with zero attached hydrogens (tertiary/aromatic N) is 4. The average Bonchev–Trinajstić information content (AvgIpc) is 3.20. The summed E-state index contributed by atoms with van der Waals surface area (Å²) in [4.78, 5) is 7.44. The largest absolute Gasteiger partial charge is 0.495 e. The highest BCUT2D eigenvalue weighted by Crippen LogP contribution is 2.31. The molecule has 0 spiro atoms. The van der Waals surface area contributed by atoms with Crippen molar-refractivity contribution in [2.45, 2.75) is 19.4 Å². The van der Waals surface area contributed by atoms with Gasteiger partial charge in [0.25, 0.3) is 6.43 Å². The van der Waals surface area contributed by atoms with Gasteiger partial charge in [0.15, 0.2) is 0 Å². The zero-order valence-corrected chi connectivity index (χ0v) is 16.6. The minimum absolute atomic E-state index is 0.0180. The highest BCUT2D eigenvalue weighted by molar-refractivity contribution is 6.38. The standard InChI is InChI=1S/C21H19F4N5O/c1-13-11-30(12-27-13)18-8-5-15(9-19(18)31-2)17(29-26)10-28-21(24,25)16-6-3-14(4-7-16)20(22)23/h3-12,20H,26H2,1-2H3/b28-10+,29-17+. The van der Waals surface area contributed by atoms with E-state index in [1.165, 1.54) is 7.11 Å². The maximum Gasteiger partial charge on any atom is 0.369 e. The summed E-state index contributed by atoms with van der Waals surface area (Å²) >= 11 is 0. The molecule has 0 fully saturated rings. The summed E-state index contributed by atoms with van der Waals surface area (Å²) in [5, 5.41) is 3.53. The molecule has 0 atom stereocenters. The topological polar surface area (TPSA) is 77.8 Å². The van der Waals surface area contributed by atoms with Crippen LogP contribution in [0, 0.1) is 6.92 Å². The van der Waals surface area contributed by atoms with E-state index < -0.39 is 18.0 Å². The Hall–Kier alpha value is -3.69. The van der Waals surface area contributed by atoms with Crippen LogP contribution in [0.4, 0.5) is 17.6 Å². The van der Waals surface area contributed by atoms with Gasteiger partial charge in [0.2, 0.25) is 0 Å². The fourth-order valence-corrected chi connectivity index (χ4v) is 2.83. The van der Waals surface area contributed by atoms with Crippen LogP contribution in [0.2, 0.25) is 0 Å². The van der Waals surface area contributed by atoms with E-state index in [9.17, 15) is 17.6 Å². The van der Waals surface area contributed by atoms with Gasteiger partial charge in [-0.15, -0.1) is 0 Å². The lowest BCUT2D eigenvalue weighted by molar-refractivity contribution is 0.00679. The molecular formula is C21H19F4N5O. The molecule has 0 saturated carbocycles. The number of hydrogen-bond donors (Lipinski definition) is 1. The van der Waals surface area contributed by atoms with Crippen LogP contribution < -0.4 is 10.6 Å². The third-order valence-electron chi connectivity index (χ3n) is 4.46. The number of aliphatic imine (C=N–C) groups is 1. The highest BCUT2D eigenvalue weighted by Gasteiger charge is 2.30. The second-order valence-corrected chi connectivity index (χ2v) is 6.55. The Labute approximate surface area is 175 Å². The monoisotopic (exact) mass is 433 g/mol. The molecule has 2 N–H and O–H groups in total. The van der Waals surface area contributed by atoms with E-state index in [2.05, 4.69) is 15.1 Å². The fourth-order valence-electron chi connectivity index (χ4n) is 2.83. The number of benzene rings is 2. The molecule has 0 aliphatic carbocycles. The van der Waals surface area contributed by atoms with Crippen molar-refractivity contribution in [1.29, 1.82) is 0 Å². The summed E-state index contributed by atoms with van der Waals surface area (Å²) in [6.45, 7) is 1.84. The summed E-state index contributed by atoms with van der Waals surface area (Å²) in [7, 11) is 1.47. The van der Waals surface area contributed by atoms with Gasteiger partial charge in [-0.1, -0.05) is 30.3 Å². The van der Waals surface area contributed by atoms with Crippen molar-refractivity contribution in [3.8, 4) is 11.4 Å². The lowest BCUT2D eigenvalue weighted by atomic mass is 10.1. The second-order valence-electron chi connectivity index (χ2n) is 6.55. The van der Waals surface area contributed by atoms with Crippen molar-refractivity contribution in [3.05, 3.63) is 77.4 Å².